The Morgan fingerprint density at radius 1 is 1.50 bits per heavy atom. The van der Waals surface area contributed by atoms with Crippen LogP contribution in [-0.4, -0.2) is 44.3 Å². The van der Waals surface area contributed by atoms with Crippen LogP contribution in [0.5, 0.6) is 0 Å². The Hall–Kier alpha value is -1.40. The highest BCUT2D eigenvalue weighted by Crippen LogP contribution is 2.19. The summed E-state index contributed by atoms with van der Waals surface area (Å²) in [4.78, 5) is 18.1. The van der Waals surface area contributed by atoms with Crippen molar-refractivity contribution in [3.8, 4) is 0 Å². The molecule has 2 rings (SSSR count). The number of H-pyrrole nitrogens is 1. The van der Waals surface area contributed by atoms with Gasteiger partial charge in [-0.05, 0) is 19.3 Å². The second-order valence-corrected chi connectivity index (χ2v) is 4.03. The summed E-state index contributed by atoms with van der Waals surface area (Å²) in [6.07, 6.45) is 3.26. The van der Waals surface area contributed by atoms with Crippen LogP contribution < -0.4 is 5.32 Å². The van der Waals surface area contributed by atoms with Gasteiger partial charge >= 0.3 is 0 Å². The normalized spacial score (nSPS) is 30.0. The van der Waals surface area contributed by atoms with E-state index in [9.17, 15) is 15.0 Å². The lowest BCUT2D eigenvalue weighted by Crippen LogP contribution is -2.51. The molecule has 1 fully saturated rings. The number of nitrogens with one attached hydrogen (secondary N) is 2. The summed E-state index contributed by atoms with van der Waals surface area (Å²) >= 11 is 0. The second kappa shape index (κ2) is 4.63. The smallest absolute Gasteiger partial charge is 0.269 e. The molecule has 1 aliphatic carbocycles. The molecule has 1 aromatic heterocycles. The molecule has 1 amide bonds. The lowest BCUT2D eigenvalue weighted by molar-refractivity contribution is -0.0278. The van der Waals surface area contributed by atoms with Gasteiger partial charge in [0.15, 0.2) is 0 Å². The van der Waals surface area contributed by atoms with Gasteiger partial charge in [0.05, 0.1) is 30.8 Å². The van der Waals surface area contributed by atoms with Crippen LogP contribution in [0.3, 0.4) is 0 Å². The zero-order valence-electron chi connectivity index (χ0n) is 8.76. The number of imidazole rings is 1. The number of aromatic amines is 1. The molecule has 88 valence electrons. The van der Waals surface area contributed by atoms with Crippen molar-refractivity contribution >= 4 is 5.91 Å². The fourth-order valence-electron chi connectivity index (χ4n) is 1.94. The molecule has 0 radical (unpaired) electrons. The highest BCUT2D eigenvalue weighted by Gasteiger charge is 2.31. The summed E-state index contributed by atoms with van der Waals surface area (Å²) < 4.78 is 0. The molecule has 0 aliphatic heterocycles. The molecule has 0 aromatic carbocycles. The third-order valence-corrected chi connectivity index (χ3v) is 2.88. The molecule has 1 heterocycles. The molecule has 1 saturated carbocycles. The number of aliphatic hydroxyl groups is 2. The first-order valence-electron chi connectivity index (χ1n) is 5.34. The van der Waals surface area contributed by atoms with Gasteiger partial charge in [-0.1, -0.05) is 0 Å². The van der Waals surface area contributed by atoms with Gasteiger partial charge in [0.2, 0.25) is 0 Å². The summed E-state index contributed by atoms with van der Waals surface area (Å²) in [5, 5.41) is 21.8. The minimum Gasteiger partial charge on any atom is -0.390 e. The van der Waals surface area contributed by atoms with Gasteiger partial charge in [0, 0.05) is 0 Å². The lowest BCUT2D eigenvalue weighted by atomic mass is 9.90. The van der Waals surface area contributed by atoms with Crippen molar-refractivity contribution in [1.82, 2.24) is 15.3 Å². The molecule has 6 heteroatoms. The van der Waals surface area contributed by atoms with Crippen molar-refractivity contribution in [3.63, 3.8) is 0 Å². The van der Waals surface area contributed by atoms with Gasteiger partial charge in [0.1, 0.15) is 5.69 Å². The minimum atomic E-state index is -0.888. The zero-order valence-corrected chi connectivity index (χ0v) is 8.76. The van der Waals surface area contributed by atoms with Crippen LogP contribution in [-0.2, 0) is 0 Å². The molecule has 1 aliphatic rings. The number of aliphatic hydroxyl groups excluding tert-OH is 2. The van der Waals surface area contributed by atoms with Gasteiger partial charge in [0.25, 0.3) is 5.91 Å². The van der Waals surface area contributed by atoms with E-state index in [2.05, 4.69) is 15.3 Å². The highest BCUT2D eigenvalue weighted by molar-refractivity contribution is 5.92. The van der Waals surface area contributed by atoms with Crippen LogP contribution in [0.1, 0.15) is 29.8 Å². The molecule has 0 unspecified atom stereocenters. The van der Waals surface area contributed by atoms with Crippen molar-refractivity contribution in [2.45, 2.75) is 37.5 Å². The number of carbonyl (C=O) groups excluding carboxylic acids is 1. The van der Waals surface area contributed by atoms with E-state index in [1.807, 2.05) is 0 Å². The van der Waals surface area contributed by atoms with Gasteiger partial charge in [-0.3, -0.25) is 4.79 Å². The maximum Gasteiger partial charge on any atom is 0.269 e. The fourth-order valence-corrected chi connectivity index (χ4v) is 1.94. The average Bonchev–Trinajstić information content (AvgIpc) is 2.78. The summed E-state index contributed by atoms with van der Waals surface area (Å²) in [5.74, 6) is -0.310. The molecule has 1 aromatic rings. The Kier molecular flexibility index (Phi) is 3.21. The molecule has 0 spiro atoms. The molecule has 0 saturated heterocycles. The number of carbonyl (C=O) groups is 1. The molecule has 0 bridgehead atoms. The van der Waals surface area contributed by atoms with E-state index in [4.69, 9.17) is 0 Å². The van der Waals surface area contributed by atoms with E-state index in [0.29, 0.717) is 18.5 Å². The molecule has 6 nitrogen and oxygen atoms in total. The van der Waals surface area contributed by atoms with Crippen LogP contribution in [0.4, 0.5) is 0 Å². The van der Waals surface area contributed by atoms with Gasteiger partial charge in [-0.15, -0.1) is 0 Å². The Bertz CT molecular complexity index is 352. The number of rotatable bonds is 2. The predicted molar refractivity (Wildman–Crippen MR) is 55.7 cm³/mol. The van der Waals surface area contributed by atoms with Crippen LogP contribution in [0.25, 0.3) is 0 Å². The van der Waals surface area contributed by atoms with Gasteiger partial charge < -0.3 is 20.5 Å². The maximum absolute atomic E-state index is 11.7. The topological polar surface area (TPSA) is 98.2 Å². The van der Waals surface area contributed by atoms with Gasteiger partial charge in [-0.2, -0.15) is 0 Å². The van der Waals surface area contributed by atoms with E-state index in [0.717, 1.165) is 6.42 Å². The van der Waals surface area contributed by atoms with Crippen LogP contribution in [0.2, 0.25) is 0 Å². The standard InChI is InChI=1S/C10H15N3O3/c14-8-3-1-2-6(9(8)15)13-10(16)7-4-11-5-12-7/h4-6,8-9,14-15H,1-3H2,(H,11,12)(H,13,16)/t6-,8-,9-/m1/s1. The van der Waals surface area contributed by atoms with Crippen LogP contribution in [0.15, 0.2) is 12.5 Å². The minimum absolute atomic E-state index is 0.310. The third-order valence-electron chi connectivity index (χ3n) is 2.88. The van der Waals surface area contributed by atoms with E-state index in [1.165, 1.54) is 12.5 Å². The van der Waals surface area contributed by atoms with Gasteiger partial charge in [-0.25, -0.2) is 4.98 Å². The Labute approximate surface area is 92.7 Å². The van der Waals surface area contributed by atoms with E-state index in [1.54, 1.807) is 0 Å². The Morgan fingerprint density at radius 2 is 2.31 bits per heavy atom. The molecule has 3 atom stereocenters. The Morgan fingerprint density at radius 3 is 3.00 bits per heavy atom. The zero-order chi connectivity index (χ0) is 11.5. The van der Waals surface area contributed by atoms with Crippen molar-refractivity contribution in [3.05, 3.63) is 18.2 Å². The predicted octanol–water partition coefficient (Wildman–Crippen LogP) is -0.586. The van der Waals surface area contributed by atoms with Crippen molar-refractivity contribution in [2.24, 2.45) is 0 Å². The number of hydrogen-bond donors (Lipinski definition) is 4. The quantitative estimate of drug-likeness (QED) is 0.541. The third kappa shape index (κ3) is 2.23. The lowest BCUT2D eigenvalue weighted by Gasteiger charge is -2.32. The maximum atomic E-state index is 11.7. The summed E-state index contributed by atoms with van der Waals surface area (Å²) in [5.41, 5.74) is 0.354. The molecular formula is C10H15N3O3. The van der Waals surface area contributed by atoms with Crippen molar-refractivity contribution in [2.75, 3.05) is 0 Å². The molecule has 4 N–H and O–H groups in total. The average molecular weight is 225 g/mol. The first kappa shape index (κ1) is 11.1. The summed E-state index contributed by atoms with van der Waals surface area (Å²) in [6.45, 7) is 0. The SMILES string of the molecule is O=C(N[C@@H]1CCC[C@@H](O)[C@@H]1O)c1cnc[nH]1. The fraction of sp³-hybridized carbons (Fsp3) is 0.600. The highest BCUT2D eigenvalue weighted by atomic mass is 16.3. The van der Waals surface area contributed by atoms with Crippen molar-refractivity contribution in [1.29, 1.82) is 0 Å². The summed E-state index contributed by atoms with van der Waals surface area (Å²) in [6, 6.07) is -0.389. The number of aromatic nitrogens is 2. The summed E-state index contributed by atoms with van der Waals surface area (Å²) in [7, 11) is 0. The second-order valence-electron chi connectivity index (χ2n) is 4.03. The number of nitrogens with zero attached hydrogens (tertiary/aromatic N) is 1. The first-order valence-corrected chi connectivity index (χ1v) is 5.34. The number of hydrogen-bond acceptors (Lipinski definition) is 4. The monoisotopic (exact) mass is 225 g/mol. The van der Waals surface area contributed by atoms with E-state index < -0.39 is 12.2 Å². The molecule has 16 heavy (non-hydrogen) atoms. The van der Waals surface area contributed by atoms with E-state index >= 15 is 0 Å². The van der Waals surface area contributed by atoms with E-state index in [-0.39, 0.29) is 11.9 Å². The Balaban J connectivity index is 1.96. The first-order chi connectivity index (χ1) is 7.68. The van der Waals surface area contributed by atoms with Crippen LogP contribution in [0, 0.1) is 0 Å². The van der Waals surface area contributed by atoms with Crippen molar-refractivity contribution < 1.29 is 15.0 Å². The number of amides is 1. The largest absolute Gasteiger partial charge is 0.390 e. The molecular weight excluding hydrogens is 210 g/mol. The van der Waals surface area contributed by atoms with Crippen LogP contribution >= 0.6 is 0 Å².